The number of benzene rings is 1. The fourth-order valence-corrected chi connectivity index (χ4v) is 3.44. The van der Waals surface area contributed by atoms with Crippen molar-refractivity contribution in [2.75, 3.05) is 18.5 Å². The SMILES string of the molecule is CC(C)c1cccc(NC(N)=NCC2(CCO)CCCCC2)c1. The van der Waals surface area contributed by atoms with E-state index in [2.05, 4.69) is 36.3 Å². The van der Waals surface area contributed by atoms with Gasteiger partial charge in [-0.15, -0.1) is 0 Å². The maximum atomic E-state index is 9.37. The minimum Gasteiger partial charge on any atom is -0.396 e. The van der Waals surface area contributed by atoms with Gasteiger partial charge in [0.15, 0.2) is 5.96 Å². The van der Waals surface area contributed by atoms with E-state index in [1.54, 1.807) is 0 Å². The number of hydrogen-bond acceptors (Lipinski definition) is 2. The number of rotatable bonds is 6. The lowest BCUT2D eigenvalue weighted by Crippen LogP contribution is -2.31. The van der Waals surface area contributed by atoms with Crippen molar-refractivity contribution < 1.29 is 5.11 Å². The third-order valence-electron chi connectivity index (χ3n) is 4.97. The Morgan fingerprint density at radius 1 is 1.30 bits per heavy atom. The van der Waals surface area contributed by atoms with Crippen molar-refractivity contribution in [3.8, 4) is 0 Å². The Balaban J connectivity index is 2.00. The van der Waals surface area contributed by atoms with Crippen LogP contribution in [0.25, 0.3) is 0 Å². The topological polar surface area (TPSA) is 70.6 Å². The Labute approximate surface area is 140 Å². The maximum absolute atomic E-state index is 9.37. The summed E-state index contributed by atoms with van der Waals surface area (Å²) in [7, 11) is 0. The molecule has 1 aromatic carbocycles. The molecule has 4 nitrogen and oxygen atoms in total. The summed E-state index contributed by atoms with van der Waals surface area (Å²) in [5, 5.41) is 12.6. The summed E-state index contributed by atoms with van der Waals surface area (Å²) >= 11 is 0. The smallest absolute Gasteiger partial charge is 0.193 e. The van der Waals surface area contributed by atoms with Gasteiger partial charge in [-0.1, -0.05) is 45.2 Å². The molecule has 0 unspecified atom stereocenters. The van der Waals surface area contributed by atoms with Crippen molar-refractivity contribution >= 4 is 11.6 Å². The highest BCUT2D eigenvalue weighted by molar-refractivity contribution is 5.92. The van der Waals surface area contributed by atoms with Crippen LogP contribution in [0.4, 0.5) is 5.69 Å². The first kappa shape index (κ1) is 17.8. The highest BCUT2D eigenvalue weighted by Crippen LogP contribution is 2.39. The number of aliphatic hydroxyl groups is 1. The summed E-state index contributed by atoms with van der Waals surface area (Å²) < 4.78 is 0. The molecule has 0 radical (unpaired) electrons. The van der Waals surface area contributed by atoms with Crippen LogP contribution in [-0.4, -0.2) is 24.2 Å². The molecule has 1 aromatic rings. The number of nitrogens with zero attached hydrogens (tertiary/aromatic N) is 1. The van der Waals surface area contributed by atoms with Crippen LogP contribution < -0.4 is 11.1 Å². The molecular weight excluding hydrogens is 286 g/mol. The normalized spacial score (nSPS) is 18.2. The largest absolute Gasteiger partial charge is 0.396 e. The summed E-state index contributed by atoms with van der Waals surface area (Å²) in [5.74, 6) is 0.957. The molecule has 0 atom stereocenters. The standard InChI is InChI=1S/C19H31N3O/c1-15(2)16-7-6-8-17(13-16)22-18(20)21-14-19(11-12-23)9-4-3-5-10-19/h6-8,13,15,23H,3-5,9-12,14H2,1-2H3,(H3,20,21,22). The zero-order chi connectivity index (χ0) is 16.7. The van der Waals surface area contributed by atoms with Crippen LogP contribution in [0.3, 0.4) is 0 Å². The average Bonchev–Trinajstić information content (AvgIpc) is 2.54. The molecule has 0 aromatic heterocycles. The van der Waals surface area contributed by atoms with Gasteiger partial charge < -0.3 is 16.2 Å². The Morgan fingerprint density at radius 3 is 2.70 bits per heavy atom. The van der Waals surface area contributed by atoms with E-state index in [-0.39, 0.29) is 12.0 Å². The molecule has 1 fully saturated rings. The monoisotopic (exact) mass is 317 g/mol. The molecule has 4 heteroatoms. The van der Waals surface area contributed by atoms with Gasteiger partial charge in [0.2, 0.25) is 0 Å². The third-order valence-corrected chi connectivity index (χ3v) is 4.97. The summed E-state index contributed by atoms with van der Waals surface area (Å²) in [6.07, 6.45) is 6.89. The van der Waals surface area contributed by atoms with Crippen LogP contribution in [0.1, 0.15) is 63.9 Å². The van der Waals surface area contributed by atoms with Crippen molar-refractivity contribution in [1.29, 1.82) is 0 Å². The van der Waals surface area contributed by atoms with Crippen molar-refractivity contribution in [2.45, 2.75) is 58.3 Å². The Kier molecular flexibility index (Phi) is 6.46. The number of nitrogens with two attached hydrogens (primary N) is 1. The molecule has 1 aliphatic carbocycles. The van der Waals surface area contributed by atoms with Crippen LogP contribution in [-0.2, 0) is 0 Å². The first-order chi connectivity index (χ1) is 11.0. The molecule has 0 heterocycles. The molecule has 1 aliphatic rings. The first-order valence-corrected chi connectivity index (χ1v) is 8.82. The molecule has 1 saturated carbocycles. The van der Waals surface area contributed by atoms with Gasteiger partial charge in [0.1, 0.15) is 0 Å². The quantitative estimate of drug-likeness (QED) is 0.551. The van der Waals surface area contributed by atoms with Crippen LogP contribution in [0.15, 0.2) is 29.3 Å². The van der Waals surface area contributed by atoms with E-state index in [1.165, 1.54) is 24.8 Å². The van der Waals surface area contributed by atoms with Gasteiger partial charge in [-0.25, -0.2) is 0 Å². The number of hydrogen-bond donors (Lipinski definition) is 3. The first-order valence-electron chi connectivity index (χ1n) is 8.82. The number of aliphatic hydroxyl groups excluding tert-OH is 1. The zero-order valence-electron chi connectivity index (χ0n) is 14.5. The fourth-order valence-electron chi connectivity index (χ4n) is 3.44. The van der Waals surface area contributed by atoms with Gasteiger partial charge in [-0.3, -0.25) is 4.99 Å². The number of guanidine groups is 1. The summed E-state index contributed by atoms with van der Waals surface area (Å²) in [5.41, 5.74) is 8.49. The van der Waals surface area contributed by atoms with E-state index in [9.17, 15) is 5.11 Å². The molecule has 4 N–H and O–H groups in total. The highest BCUT2D eigenvalue weighted by Gasteiger charge is 2.31. The van der Waals surface area contributed by atoms with E-state index >= 15 is 0 Å². The minimum atomic E-state index is 0.138. The van der Waals surface area contributed by atoms with Gasteiger partial charge in [-0.05, 0) is 48.3 Å². The van der Waals surface area contributed by atoms with Gasteiger partial charge >= 0.3 is 0 Å². The van der Waals surface area contributed by atoms with Crippen LogP contribution in [0.2, 0.25) is 0 Å². The predicted octanol–water partition coefficient (Wildman–Crippen LogP) is 3.87. The molecule has 2 rings (SSSR count). The molecule has 23 heavy (non-hydrogen) atoms. The Bertz CT molecular complexity index is 514. The lowest BCUT2D eigenvalue weighted by atomic mass is 9.72. The van der Waals surface area contributed by atoms with E-state index in [1.807, 2.05) is 12.1 Å². The van der Waals surface area contributed by atoms with Crippen LogP contribution in [0, 0.1) is 5.41 Å². The van der Waals surface area contributed by atoms with E-state index < -0.39 is 0 Å². The number of aliphatic imine (C=N–C) groups is 1. The number of nitrogens with one attached hydrogen (secondary N) is 1. The van der Waals surface area contributed by atoms with Crippen molar-refractivity contribution in [3.63, 3.8) is 0 Å². The number of anilines is 1. The van der Waals surface area contributed by atoms with Crippen LogP contribution in [0.5, 0.6) is 0 Å². The van der Waals surface area contributed by atoms with Crippen molar-refractivity contribution in [1.82, 2.24) is 0 Å². The lowest BCUT2D eigenvalue weighted by molar-refractivity contribution is 0.137. The maximum Gasteiger partial charge on any atom is 0.193 e. The zero-order valence-corrected chi connectivity index (χ0v) is 14.5. The second-order valence-electron chi connectivity index (χ2n) is 7.14. The molecule has 128 valence electrons. The fraction of sp³-hybridized carbons (Fsp3) is 0.632. The molecule has 0 aliphatic heterocycles. The third kappa shape index (κ3) is 5.24. The molecule has 0 bridgehead atoms. The predicted molar refractivity (Wildman–Crippen MR) is 97.9 cm³/mol. The molecule has 0 amide bonds. The Morgan fingerprint density at radius 2 is 2.04 bits per heavy atom. The van der Waals surface area contributed by atoms with Gasteiger partial charge in [0.25, 0.3) is 0 Å². The lowest BCUT2D eigenvalue weighted by Gasteiger charge is -2.35. The summed E-state index contributed by atoms with van der Waals surface area (Å²) in [6, 6.07) is 8.30. The second-order valence-corrected chi connectivity index (χ2v) is 7.14. The summed E-state index contributed by atoms with van der Waals surface area (Å²) in [4.78, 5) is 4.58. The molecule has 0 spiro atoms. The van der Waals surface area contributed by atoms with Crippen molar-refractivity contribution in [3.05, 3.63) is 29.8 Å². The minimum absolute atomic E-state index is 0.138. The van der Waals surface area contributed by atoms with Crippen molar-refractivity contribution in [2.24, 2.45) is 16.1 Å². The Hall–Kier alpha value is -1.55. The van der Waals surface area contributed by atoms with E-state index in [0.717, 1.165) is 24.9 Å². The molecule has 0 saturated heterocycles. The van der Waals surface area contributed by atoms with Gasteiger partial charge in [0.05, 0.1) is 0 Å². The second kappa shape index (κ2) is 8.34. The van der Waals surface area contributed by atoms with E-state index in [4.69, 9.17) is 5.73 Å². The highest BCUT2D eigenvalue weighted by atomic mass is 16.3. The summed E-state index contributed by atoms with van der Waals surface area (Å²) in [6.45, 7) is 5.30. The van der Waals surface area contributed by atoms with Gasteiger partial charge in [-0.2, -0.15) is 0 Å². The molecular formula is C19H31N3O. The van der Waals surface area contributed by atoms with Crippen LogP contribution >= 0.6 is 0 Å². The van der Waals surface area contributed by atoms with Gasteiger partial charge in [0, 0.05) is 18.8 Å². The van der Waals surface area contributed by atoms with E-state index in [0.29, 0.717) is 18.4 Å². The average molecular weight is 317 g/mol.